The van der Waals surface area contributed by atoms with Crippen molar-refractivity contribution in [3.05, 3.63) is 33.8 Å². The largest absolute Gasteiger partial charge is 0.368 e. The number of nitrogens with two attached hydrogens (primary N) is 1. The first-order valence-electron chi connectivity index (χ1n) is 5.30. The first-order valence-corrected chi connectivity index (χ1v) is 6.05. The highest BCUT2D eigenvalue weighted by atomic mass is 35.5. The average Bonchev–Trinajstić information content (AvgIpc) is 2.38. The van der Waals surface area contributed by atoms with Gasteiger partial charge in [0.15, 0.2) is 0 Å². The summed E-state index contributed by atoms with van der Waals surface area (Å²) >= 11 is 12.0. The molecule has 2 rings (SSSR count). The van der Waals surface area contributed by atoms with Gasteiger partial charge in [0.05, 0.1) is 10.0 Å². The fraction of sp³-hybridized carbons (Fsp3) is 0. The van der Waals surface area contributed by atoms with E-state index in [0.29, 0.717) is 22.0 Å². The molecule has 9 heteroatoms. The molecule has 0 aliphatic carbocycles. The zero-order valence-electron chi connectivity index (χ0n) is 9.92. The van der Waals surface area contributed by atoms with Crippen molar-refractivity contribution in [2.24, 2.45) is 4.99 Å². The molecule has 7 nitrogen and oxygen atoms in total. The quantitative estimate of drug-likeness (QED) is 0.664. The number of nitrogens with zero attached hydrogens (tertiary/aromatic N) is 4. The molecule has 0 radical (unpaired) electrons. The number of amides is 1. The number of nitrogen functional groups attached to an aromatic ring is 1. The Bertz CT molecular complexity index is 656. The van der Waals surface area contributed by atoms with Gasteiger partial charge < -0.3 is 5.73 Å². The van der Waals surface area contributed by atoms with E-state index in [0.717, 1.165) is 0 Å². The molecule has 1 aromatic carbocycles. The van der Waals surface area contributed by atoms with Crippen molar-refractivity contribution < 1.29 is 4.79 Å². The lowest BCUT2D eigenvalue weighted by molar-refractivity contribution is -0.105. The topological polar surface area (TPSA) is 106 Å². The van der Waals surface area contributed by atoms with Gasteiger partial charge in [0.25, 0.3) is 5.95 Å². The van der Waals surface area contributed by atoms with Crippen LogP contribution in [0.4, 0.5) is 17.8 Å². The summed E-state index contributed by atoms with van der Waals surface area (Å²) in [4.78, 5) is 25.7. The minimum Gasteiger partial charge on any atom is -0.368 e. The first kappa shape index (κ1) is 14.2. The minimum atomic E-state index is -0.0678. The van der Waals surface area contributed by atoms with E-state index < -0.39 is 0 Å². The smallest absolute Gasteiger partial charge is 0.255 e. The first-order chi connectivity index (χ1) is 9.60. The number of carbonyl (C=O) groups excluding carboxylic acids is 1. The van der Waals surface area contributed by atoms with Crippen molar-refractivity contribution in [2.75, 3.05) is 11.1 Å². The Morgan fingerprint density at radius 2 is 1.90 bits per heavy atom. The maximum absolute atomic E-state index is 10.3. The van der Waals surface area contributed by atoms with Crippen LogP contribution in [0.15, 0.2) is 23.2 Å². The lowest BCUT2D eigenvalue weighted by atomic mass is 10.2. The third-order valence-electron chi connectivity index (χ3n) is 2.14. The number of aliphatic imine (C=N–C) groups is 1. The van der Waals surface area contributed by atoms with E-state index in [9.17, 15) is 4.79 Å². The van der Waals surface area contributed by atoms with E-state index in [-0.39, 0.29) is 17.8 Å². The highest BCUT2D eigenvalue weighted by Gasteiger charge is 2.05. The van der Waals surface area contributed by atoms with E-state index in [4.69, 9.17) is 28.9 Å². The third kappa shape index (κ3) is 3.40. The van der Waals surface area contributed by atoms with Gasteiger partial charge in [0.1, 0.15) is 0 Å². The van der Waals surface area contributed by atoms with Crippen molar-refractivity contribution in [3.63, 3.8) is 0 Å². The van der Waals surface area contributed by atoms with Gasteiger partial charge in [-0.1, -0.05) is 29.3 Å². The van der Waals surface area contributed by atoms with Crippen LogP contribution in [0, 0.1) is 0 Å². The van der Waals surface area contributed by atoms with Gasteiger partial charge in [-0.3, -0.25) is 10.1 Å². The molecule has 2 aromatic rings. The molecule has 1 heterocycles. The molecule has 0 saturated carbocycles. The number of nitrogens with one attached hydrogen (secondary N) is 1. The van der Waals surface area contributed by atoms with Crippen LogP contribution in [-0.4, -0.2) is 27.6 Å². The van der Waals surface area contributed by atoms with Crippen molar-refractivity contribution in [2.45, 2.75) is 0 Å². The van der Waals surface area contributed by atoms with Crippen molar-refractivity contribution in [3.8, 4) is 0 Å². The molecule has 0 saturated heterocycles. The predicted molar refractivity (Wildman–Crippen MR) is 77.6 cm³/mol. The number of anilines is 2. The average molecular weight is 311 g/mol. The summed E-state index contributed by atoms with van der Waals surface area (Å²) in [5.74, 6) is -0.0375. The number of hydrogen-bond donors (Lipinski definition) is 2. The van der Waals surface area contributed by atoms with Crippen LogP contribution in [0.2, 0.25) is 10.0 Å². The van der Waals surface area contributed by atoms with Gasteiger partial charge in [-0.25, -0.2) is 4.99 Å². The van der Waals surface area contributed by atoms with Gasteiger partial charge in [0, 0.05) is 11.8 Å². The lowest BCUT2D eigenvalue weighted by Gasteiger charge is -2.01. The van der Waals surface area contributed by atoms with Crippen LogP contribution in [0.1, 0.15) is 5.56 Å². The van der Waals surface area contributed by atoms with Gasteiger partial charge in [0.2, 0.25) is 18.3 Å². The van der Waals surface area contributed by atoms with Gasteiger partial charge >= 0.3 is 0 Å². The third-order valence-corrected chi connectivity index (χ3v) is 2.80. The van der Waals surface area contributed by atoms with Crippen molar-refractivity contribution in [1.29, 1.82) is 0 Å². The highest BCUT2D eigenvalue weighted by Crippen LogP contribution is 2.23. The van der Waals surface area contributed by atoms with Crippen molar-refractivity contribution in [1.82, 2.24) is 15.0 Å². The maximum atomic E-state index is 10.3. The normalized spacial score (nSPS) is 10.7. The zero-order valence-corrected chi connectivity index (χ0v) is 11.4. The second kappa shape index (κ2) is 6.27. The minimum absolute atomic E-state index is 0.00454. The highest BCUT2D eigenvalue weighted by molar-refractivity contribution is 6.38. The number of benzene rings is 1. The Kier molecular flexibility index (Phi) is 4.44. The lowest BCUT2D eigenvalue weighted by Crippen LogP contribution is -2.04. The Labute approximate surface area is 123 Å². The molecule has 102 valence electrons. The molecule has 0 atom stereocenters. The summed E-state index contributed by atoms with van der Waals surface area (Å²) in [5, 5.41) is 3.14. The van der Waals surface area contributed by atoms with Crippen LogP contribution in [-0.2, 0) is 4.79 Å². The molecular formula is C11H8Cl2N6O. The summed E-state index contributed by atoms with van der Waals surface area (Å²) in [7, 11) is 0. The standard InChI is InChI=1S/C11H8Cl2N6O/c12-7-2-1-3-8(13)6(7)4-15-10-17-9(14)18-11(19-10)16-5-20/h1-5H,(H3,14,16,17,18,19,20). The number of halogens is 2. The SMILES string of the molecule is Nc1nc(N=Cc2c(Cl)cccc2Cl)nc(NC=O)n1. The zero-order chi connectivity index (χ0) is 14.5. The molecule has 0 bridgehead atoms. The number of aromatic nitrogens is 3. The molecule has 0 aliphatic heterocycles. The van der Waals surface area contributed by atoms with Crippen LogP contribution in [0.25, 0.3) is 0 Å². The number of rotatable bonds is 4. The Hall–Kier alpha value is -2.25. The summed E-state index contributed by atoms with van der Waals surface area (Å²) in [5.41, 5.74) is 6.00. The summed E-state index contributed by atoms with van der Waals surface area (Å²) in [6, 6.07) is 5.07. The van der Waals surface area contributed by atoms with E-state index in [1.807, 2.05) is 0 Å². The van der Waals surface area contributed by atoms with Gasteiger partial charge in [-0.05, 0) is 12.1 Å². The van der Waals surface area contributed by atoms with Crippen LogP contribution in [0.3, 0.4) is 0 Å². The van der Waals surface area contributed by atoms with Crippen molar-refractivity contribution >= 4 is 53.7 Å². The Morgan fingerprint density at radius 3 is 2.55 bits per heavy atom. The predicted octanol–water partition coefficient (Wildman–Crippen LogP) is 2.08. The molecule has 0 fully saturated rings. The molecule has 3 N–H and O–H groups in total. The second-order valence-electron chi connectivity index (χ2n) is 3.47. The Morgan fingerprint density at radius 1 is 1.20 bits per heavy atom. The molecule has 20 heavy (non-hydrogen) atoms. The van der Waals surface area contributed by atoms with Crippen LogP contribution in [0.5, 0.6) is 0 Å². The van der Waals surface area contributed by atoms with E-state index in [1.165, 1.54) is 6.21 Å². The van der Waals surface area contributed by atoms with Gasteiger partial charge in [-0.2, -0.15) is 15.0 Å². The number of carbonyl (C=O) groups is 1. The monoisotopic (exact) mass is 310 g/mol. The fourth-order valence-electron chi connectivity index (χ4n) is 1.31. The summed E-state index contributed by atoms with van der Waals surface area (Å²) in [6.07, 6.45) is 1.83. The van der Waals surface area contributed by atoms with E-state index >= 15 is 0 Å². The second-order valence-corrected chi connectivity index (χ2v) is 4.29. The Balaban J connectivity index is 2.34. The fourth-order valence-corrected chi connectivity index (χ4v) is 1.81. The molecule has 0 aliphatic rings. The van der Waals surface area contributed by atoms with Crippen LogP contribution >= 0.6 is 23.2 Å². The van der Waals surface area contributed by atoms with Gasteiger partial charge in [-0.15, -0.1) is 0 Å². The number of hydrogen-bond acceptors (Lipinski definition) is 6. The maximum Gasteiger partial charge on any atom is 0.255 e. The molecule has 1 aromatic heterocycles. The van der Waals surface area contributed by atoms with E-state index in [2.05, 4.69) is 25.3 Å². The van der Waals surface area contributed by atoms with Crippen LogP contribution < -0.4 is 11.1 Å². The van der Waals surface area contributed by atoms with E-state index in [1.54, 1.807) is 18.2 Å². The summed E-state index contributed by atoms with van der Waals surface area (Å²) in [6.45, 7) is 0. The molecule has 0 spiro atoms. The molecule has 0 unspecified atom stereocenters. The summed E-state index contributed by atoms with van der Waals surface area (Å²) < 4.78 is 0. The molecule has 1 amide bonds. The molecular weight excluding hydrogens is 303 g/mol.